The second-order valence-corrected chi connectivity index (χ2v) is 17.8. The molecule has 1 aromatic rings. The van der Waals surface area contributed by atoms with E-state index < -0.39 is 0 Å². The van der Waals surface area contributed by atoms with E-state index in [9.17, 15) is 0 Å². The van der Waals surface area contributed by atoms with Crippen LogP contribution >= 0.6 is 0 Å². The highest BCUT2D eigenvalue weighted by atomic mass is 16.5. The molecule has 10 rings (SSSR count). The Morgan fingerprint density at radius 2 is 1.61 bits per heavy atom. The molecule has 0 aromatic heterocycles. The van der Waals surface area contributed by atoms with Crippen molar-refractivity contribution in [2.75, 3.05) is 0 Å². The monoisotopic (exact) mass is 591 g/mol. The zero-order chi connectivity index (χ0) is 29.3. The van der Waals surface area contributed by atoms with E-state index in [-0.39, 0.29) is 0 Å². The summed E-state index contributed by atoms with van der Waals surface area (Å²) >= 11 is 0. The minimum Gasteiger partial charge on any atom is -0.475 e. The third-order valence-electron chi connectivity index (χ3n) is 15.1. The predicted octanol–water partition coefficient (Wildman–Crippen LogP) is 7.66. The van der Waals surface area contributed by atoms with Gasteiger partial charge in [0.2, 0.25) is 12.7 Å². The van der Waals surface area contributed by atoms with Crippen molar-refractivity contribution < 1.29 is 4.74 Å². The molecule has 0 spiro atoms. The van der Waals surface area contributed by atoms with Gasteiger partial charge in [0.05, 0.1) is 12.1 Å². The number of hydrogen-bond donors (Lipinski definition) is 0. The Hall–Kier alpha value is -1.91. The third-order valence-corrected chi connectivity index (χ3v) is 15.1. The molecule has 4 heterocycles. The molecular weight excluding hydrogens is 537 g/mol. The molecule has 9 aliphatic rings. The van der Waals surface area contributed by atoms with E-state index in [1.165, 1.54) is 102 Å². The second kappa shape index (κ2) is 9.80. The first-order valence-electron chi connectivity index (χ1n) is 19.1. The molecule has 0 bridgehead atoms. The minimum absolute atomic E-state index is 0.359. The summed E-state index contributed by atoms with van der Waals surface area (Å²) in [6.07, 6.45) is 19.7. The molecule has 234 valence electrons. The summed E-state index contributed by atoms with van der Waals surface area (Å²) in [5, 5.41) is 0. The first-order valence-corrected chi connectivity index (χ1v) is 19.1. The van der Waals surface area contributed by atoms with E-state index >= 15 is 0 Å². The highest BCUT2D eigenvalue weighted by Gasteiger charge is 2.66. The zero-order valence-electron chi connectivity index (χ0n) is 27.5. The zero-order valence-corrected chi connectivity index (χ0v) is 27.5. The quantitative estimate of drug-likeness (QED) is 0.314. The van der Waals surface area contributed by atoms with Crippen molar-refractivity contribution in [2.45, 2.75) is 147 Å². The number of fused-ring (bicyclic) bond motifs is 10. The van der Waals surface area contributed by atoms with Gasteiger partial charge in [-0.15, -0.1) is 0 Å². The van der Waals surface area contributed by atoms with Crippen LogP contribution in [-0.2, 0) is 4.74 Å². The van der Waals surface area contributed by atoms with E-state index in [0.717, 1.165) is 29.6 Å². The van der Waals surface area contributed by atoms with Crippen molar-refractivity contribution in [2.24, 2.45) is 45.9 Å². The first-order chi connectivity index (χ1) is 21.5. The molecule has 1 saturated heterocycles. The standard InChI is InChI=1S/C39H54BN3O/c1-39(2,3)28-22-30-35(26-16-8-7-15-25(26)28)42-31-18-11-12-23-20-21-29-36(33(23)31)43(38(42)41-30)37-34(27-17-9-10-19-32(27)44-37)40(29)24-13-5-4-6-14-24/h4-6,13-14,23,25-33,35-36H,7-12,15-22H2,1-3H3. The van der Waals surface area contributed by atoms with Crippen LogP contribution in [0.4, 0.5) is 0 Å². The van der Waals surface area contributed by atoms with Crippen molar-refractivity contribution in [3.05, 3.63) is 41.7 Å². The van der Waals surface area contributed by atoms with E-state index in [4.69, 9.17) is 9.73 Å². The van der Waals surface area contributed by atoms with Gasteiger partial charge in [0.15, 0.2) is 5.88 Å². The molecule has 0 amide bonds. The molecule has 0 N–H and O–H groups in total. The molecule has 12 unspecified atom stereocenters. The van der Waals surface area contributed by atoms with Crippen molar-refractivity contribution in [3.63, 3.8) is 0 Å². The van der Waals surface area contributed by atoms with Crippen LogP contribution in [-0.4, -0.2) is 52.7 Å². The number of hydrogen-bond acceptors (Lipinski definition) is 4. The fourth-order valence-corrected chi connectivity index (χ4v) is 13.6. The maximum Gasteiger partial charge on any atom is 0.217 e. The highest BCUT2D eigenvalue weighted by Crippen LogP contribution is 2.62. The normalized spacial score (nSPS) is 45.3. The lowest BCUT2D eigenvalue weighted by molar-refractivity contribution is -0.0770. The van der Waals surface area contributed by atoms with E-state index in [1.54, 1.807) is 10.9 Å². The van der Waals surface area contributed by atoms with Crippen LogP contribution in [0.5, 0.6) is 0 Å². The average Bonchev–Trinajstić information content (AvgIpc) is 3.62. The molecule has 5 heteroatoms. The summed E-state index contributed by atoms with van der Waals surface area (Å²) in [6, 6.07) is 14.0. The molecule has 1 aromatic carbocycles. The van der Waals surface area contributed by atoms with Gasteiger partial charge in [-0.1, -0.05) is 95.1 Å². The molecule has 4 aliphatic heterocycles. The van der Waals surface area contributed by atoms with Gasteiger partial charge < -0.3 is 9.64 Å². The lowest BCUT2D eigenvalue weighted by Crippen LogP contribution is -2.73. The van der Waals surface area contributed by atoms with Gasteiger partial charge in [0.25, 0.3) is 0 Å². The summed E-state index contributed by atoms with van der Waals surface area (Å²) in [4.78, 5) is 11.9. The van der Waals surface area contributed by atoms with Gasteiger partial charge in [-0.3, -0.25) is 4.90 Å². The van der Waals surface area contributed by atoms with Gasteiger partial charge in [-0.2, -0.15) is 0 Å². The molecule has 12 atom stereocenters. The van der Waals surface area contributed by atoms with Crippen LogP contribution in [0, 0.1) is 40.9 Å². The van der Waals surface area contributed by atoms with Crippen molar-refractivity contribution in [3.8, 4) is 0 Å². The van der Waals surface area contributed by atoms with E-state index in [2.05, 4.69) is 60.9 Å². The Morgan fingerprint density at radius 1 is 0.818 bits per heavy atom. The Kier molecular flexibility index (Phi) is 6.07. The number of nitrogens with zero attached hydrogens (tertiary/aromatic N) is 3. The lowest BCUT2D eigenvalue weighted by Gasteiger charge is -2.64. The number of aliphatic imine (C=N–C) groups is 1. The fraction of sp³-hybridized carbons (Fsp3) is 0.769. The topological polar surface area (TPSA) is 28.1 Å². The molecule has 5 saturated carbocycles. The van der Waals surface area contributed by atoms with Crippen LogP contribution in [0.25, 0.3) is 0 Å². The van der Waals surface area contributed by atoms with Crippen LogP contribution in [0.3, 0.4) is 0 Å². The molecule has 6 fully saturated rings. The van der Waals surface area contributed by atoms with Gasteiger partial charge >= 0.3 is 0 Å². The van der Waals surface area contributed by atoms with Crippen LogP contribution in [0.2, 0.25) is 5.82 Å². The van der Waals surface area contributed by atoms with Crippen molar-refractivity contribution >= 4 is 18.1 Å². The van der Waals surface area contributed by atoms with Gasteiger partial charge in [-0.25, -0.2) is 4.99 Å². The maximum absolute atomic E-state index is 7.32. The fourth-order valence-electron chi connectivity index (χ4n) is 13.6. The van der Waals surface area contributed by atoms with Crippen LogP contribution in [0.15, 0.2) is 46.7 Å². The summed E-state index contributed by atoms with van der Waals surface area (Å²) < 4.78 is 7.32. The third kappa shape index (κ3) is 3.68. The first kappa shape index (κ1) is 27.2. The Labute approximate surface area is 266 Å². The number of guanidine groups is 1. The maximum atomic E-state index is 7.32. The Morgan fingerprint density at radius 3 is 2.45 bits per heavy atom. The summed E-state index contributed by atoms with van der Waals surface area (Å²) in [6.45, 7) is 8.12. The smallest absolute Gasteiger partial charge is 0.217 e. The molecule has 44 heavy (non-hydrogen) atoms. The van der Waals surface area contributed by atoms with Crippen molar-refractivity contribution in [1.29, 1.82) is 0 Å². The largest absolute Gasteiger partial charge is 0.475 e. The van der Waals surface area contributed by atoms with Crippen molar-refractivity contribution in [1.82, 2.24) is 9.80 Å². The van der Waals surface area contributed by atoms with Gasteiger partial charge in [0.1, 0.15) is 6.10 Å². The number of ether oxygens (including phenoxy) is 1. The number of benzene rings is 1. The molecule has 4 nitrogen and oxygen atoms in total. The van der Waals surface area contributed by atoms with Crippen LogP contribution in [0.1, 0.15) is 111 Å². The summed E-state index contributed by atoms with van der Waals surface area (Å²) in [5.74, 6) is 8.07. The van der Waals surface area contributed by atoms with E-state index in [0.29, 0.717) is 54.1 Å². The molecular formula is C39H54BN3O. The molecule has 0 radical (unpaired) electrons. The summed E-state index contributed by atoms with van der Waals surface area (Å²) in [5.41, 5.74) is 3.61. The number of rotatable bonds is 1. The highest BCUT2D eigenvalue weighted by molar-refractivity contribution is 6.81. The average molecular weight is 592 g/mol. The Balaban J connectivity index is 1.16. The second-order valence-electron chi connectivity index (χ2n) is 17.8. The lowest BCUT2D eigenvalue weighted by atomic mass is 9.26. The van der Waals surface area contributed by atoms with E-state index in [1.807, 2.05) is 0 Å². The minimum atomic E-state index is 0.359. The summed E-state index contributed by atoms with van der Waals surface area (Å²) in [7, 11) is 0. The van der Waals surface area contributed by atoms with Gasteiger partial charge in [-0.05, 0) is 91.7 Å². The molecule has 5 aliphatic carbocycles. The van der Waals surface area contributed by atoms with Gasteiger partial charge in [0, 0.05) is 23.9 Å². The SMILES string of the molecule is CC(C)(C)C1CC2N=C3N4C5=C(B(c6ccccc6)C6CCC7CCCC(C7C64)N3C2C2CCCCC21)C1CCCCC1O5. The Bertz CT molecular complexity index is 1370. The van der Waals surface area contributed by atoms with Crippen LogP contribution < -0.4 is 5.46 Å². The predicted molar refractivity (Wildman–Crippen MR) is 179 cm³/mol.